The number of rotatable bonds is 3. The zero-order valence-electron chi connectivity index (χ0n) is 10.3. The molecule has 1 spiro atoms. The Kier molecular flexibility index (Phi) is 2.45. The average molecular weight is 218 g/mol. The van der Waals surface area contributed by atoms with Crippen molar-refractivity contribution in [3.8, 4) is 0 Å². The number of allylic oxidation sites excluding steroid dienone is 2. The molecule has 3 rings (SSSR count). The molecule has 2 saturated carbocycles. The highest BCUT2D eigenvalue weighted by molar-refractivity contribution is 6.02. The summed E-state index contributed by atoms with van der Waals surface area (Å²) in [4.78, 5) is 12.4. The lowest BCUT2D eigenvalue weighted by molar-refractivity contribution is -0.119. The molecule has 88 valence electrons. The number of carbonyl (C=O) groups excluding carboxylic acids is 1. The van der Waals surface area contributed by atoms with Crippen molar-refractivity contribution in [1.29, 1.82) is 0 Å². The summed E-state index contributed by atoms with van der Waals surface area (Å²) in [5.41, 5.74) is 1.62. The van der Waals surface area contributed by atoms with Gasteiger partial charge in [0, 0.05) is 11.3 Å². The first kappa shape index (κ1) is 10.6. The first-order valence-electron chi connectivity index (χ1n) is 7.04. The molecule has 0 aromatic rings. The van der Waals surface area contributed by atoms with E-state index in [-0.39, 0.29) is 0 Å². The molecule has 0 aromatic heterocycles. The summed E-state index contributed by atoms with van der Waals surface area (Å²) in [6.45, 7) is 2.26. The van der Waals surface area contributed by atoms with E-state index in [1.165, 1.54) is 50.5 Å². The fourth-order valence-corrected chi connectivity index (χ4v) is 4.63. The Hall–Kier alpha value is -0.590. The maximum atomic E-state index is 12.4. The molecule has 1 nitrogen and oxygen atoms in total. The van der Waals surface area contributed by atoms with Gasteiger partial charge in [0.15, 0.2) is 5.78 Å². The van der Waals surface area contributed by atoms with Crippen LogP contribution in [0.3, 0.4) is 0 Å². The molecule has 3 aliphatic rings. The Labute approximate surface area is 98.3 Å². The smallest absolute Gasteiger partial charge is 0.162 e. The molecule has 3 atom stereocenters. The van der Waals surface area contributed by atoms with Gasteiger partial charge < -0.3 is 0 Å². The van der Waals surface area contributed by atoms with E-state index >= 15 is 0 Å². The molecule has 3 aliphatic carbocycles. The molecule has 0 aromatic carbocycles. The monoisotopic (exact) mass is 218 g/mol. The molecule has 2 fully saturated rings. The molecule has 0 heterocycles. The summed E-state index contributed by atoms with van der Waals surface area (Å²) in [5.74, 6) is 1.66. The second kappa shape index (κ2) is 3.72. The van der Waals surface area contributed by atoms with E-state index in [1.807, 2.05) is 0 Å². The van der Waals surface area contributed by atoms with Gasteiger partial charge in [-0.3, -0.25) is 4.79 Å². The summed E-state index contributed by atoms with van der Waals surface area (Å²) in [6, 6.07) is 0. The Morgan fingerprint density at radius 3 is 3.12 bits per heavy atom. The van der Waals surface area contributed by atoms with Crippen LogP contribution >= 0.6 is 0 Å². The van der Waals surface area contributed by atoms with Crippen LogP contribution in [0.25, 0.3) is 0 Å². The SMILES string of the molecule is CCCC[C@@H]1[C@@H]2CCC[C@]13CCC=C3C2=O. The summed E-state index contributed by atoms with van der Waals surface area (Å²) >= 11 is 0. The van der Waals surface area contributed by atoms with Gasteiger partial charge in [-0.25, -0.2) is 0 Å². The van der Waals surface area contributed by atoms with Gasteiger partial charge in [-0.2, -0.15) is 0 Å². The van der Waals surface area contributed by atoms with Crippen LogP contribution in [0.5, 0.6) is 0 Å². The van der Waals surface area contributed by atoms with Crippen molar-refractivity contribution in [2.45, 2.75) is 58.3 Å². The van der Waals surface area contributed by atoms with E-state index in [0.717, 1.165) is 6.42 Å². The lowest BCUT2D eigenvalue weighted by atomic mass is 9.64. The number of Topliss-reactive ketones (excluding diaryl/α,β-unsaturated/α-hetero) is 1. The van der Waals surface area contributed by atoms with Crippen molar-refractivity contribution in [3.63, 3.8) is 0 Å². The van der Waals surface area contributed by atoms with Gasteiger partial charge in [-0.15, -0.1) is 0 Å². The molecule has 0 N–H and O–H groups in total. The molecule has 0 aliphatic heterocycles. The highest BCUT2D eigenvalue weighted by atomic mass is 16.1. The summed E-state index contributed by atoms with van der Waals surface area (Å²) < 4.78 is 0. The number of ketones is 1. The summed E-state index contributed by atoms with van der Waals surface area (Å²) in [7, 11) is 0. The Balaban J connectivity index is 1.94. The second-order valence-electron chi connectivity index (χ2n) is 5.92. The van der Waals surface area contributed by atoms with Crippen LogP contribution < -0.4 is 0 Å². The number of hydrogen-bond donors (Lipinski definition) is 0. The van der Waals surface area contributed by atoms with Crippen molar-refractivity contribution >= 4 is 5.78 Å². The first-order valence-corrected chi connectivity index (χ1v) is 7.04. The van der Waals surface area contributed by atoms with E-state index in [0.29, 0.717) is 23.0 Å². The van der Waals surface area contributed by atoms with Crippen LogP contribution in [0.2, 0.25) is 0 Å². The van der Waals surface area contributed by atoms with Gasteiger partial charge >= 0.3 is 0 Å². The largest absolute Gasteiger partial charge is 0.294 e. The third-order valence-corrected chi connectivity index (χ3v) is 5.28. The van der Waals surface area contributed by atoms with E-state index in [4.69, 9.17) is 0 Å². The van der Waals surface area contributed by atoms with Crippen LogP contribution in [0.1, 0.15) is 58.3 Å². The fraction of sp³-hybridized carbons (Fsp3) is 0.800. The average Bonchev–Trinajstić information content (AvgIpc) is 2.74. The molecule has 16 heavy (non-hydrogen) atoms. The standard InChI is InChI=1S/C15H22O/c1-2-3-7-12-11-6-4-9-15(12)10-5-8-13(15)14(11)16/h8,11-12H,2-7,9-10H2,1H3/t11-,12+,15-/m0/s1. The van der Waals surface area contributed by atoms with Crippen molar-refractivity contribution in [1.82, 2.24) is 0 Å². The van der Waals surface area contributed by atoms with Crippen LogP contribution in [0, 0.1) is 17.3 Å². The highest BCUT2D eigenvalue weighted by Gasteiger charge is 2.58. The van der Waals surface area contributed by atoms with Gasteiger partial charge in [-0.1, -0.05) is 32.3 Å². The third-order valence-electron chi connectivity index (χ3n) is 5.28. The first-order chi connectivity index (χ1) is 7.79. The van der Waals surface area contributed by atoms with Gasteiger partial charge in [-0.05, 0) is 43.6 Å². The number of unbranched alkanes of at least 4 members (excludes halogenated alkanes) is 1. The van der Waals surface area contributed by atoms with E-state index in [1.54, 1.807) is 0 Å². The van der Waals surface area contributed by atoms with Crippen LogP contribution in [-0.2, 0) is 4.79 Å². The minimum Gasteiger partial charge on any atom is -0.294 e. The van der Waals surface area contributed by atoms with Crippen molar-refractivity contribution in [3.05, 3.63) is 11.6 Å². The molecule has 0 saturated heterocycles. The number of hydrogen-bond acceptors (Lipinski definition) is 1. The van der Waals surface area contributed by atoms with Crippen LogP contribution in [-0.4, -0.2) is 5.78 Å². The molecular weight excluding hydrogens is 196 g/mol. The summed E-state index contributed by atoms with van der Waals surface area (Å²) in [5, 5.41) is 0. The van der Waals surface area contributed by atoms with Crippen molar-refractivity contribution in [2.24, 2.45) is 17.3 Å². The zero-order valence-corrected chi connectivity index (χ0v) is 10.3. The predicted octanol–water partition coefficient (Wildman–Crippen LogP) is 3.88. The Morgan fingerprint density at radius 1 is 1.44 bits per heavy atom. The minimum absolute atomic E-state index is 0.356. The van der Waals surface area contributed by atoms with Crippen molar-refractivity contribution < 1.29 is 4.79 Å². The molecule has 2 bridgehead atoms. The van der Waals surface area contributed by atoms with Crippen molar-refractivity contribution in [2.75, 3.05) is 0 Å². The second-order valence-corrected chi connectivity index (χ2v) is 5.92. The fourth-order valence-electron chi connectivity index (χ4n) is 4.63. The normalized spacial score (nSPS) is 41.1. The molecule has 0 unspecified atom stereocenters. The highest BCUT2D eigenvalue weighted by Crippen LogP contribution is 2.63. The molecular formula is C15H22O. The Bertz CT molecular complexity index is 341. The molecule has 0 amide bonds. The van der Waals surface area contributed by atoms with Gasteiger partial charge in [0.25, 0.3) is 0 Å². The topological polar surface area (TPSA) is 17.1 Å². The predicted molar refractivity (Wildman–Crippen MR) is 65.1 cm³/mol. The Morgan fingerprint density at radius 2 is 2.31 bits per heavy atom. The van der Waals surface area contributed by atoms with E-state index in [9.17, 15) is 4.79 Å². The summed E-state index contributed by atoms with van der Waals surface area (Å²) in [6.07, 6.45) is 12.3. The molecule has 0 radical (unpaired) electrons. The van der Waals surface area contributed by atoms with Gasteiger partial charge in [0.1, 0.15) is 0 Å². The van der Waals surface area contributed by atoms with Gasteiger partial charge in [0.2, 0.25) is 0 Å². The van der Waals surface area contributed by atoms with Gasteiger partial charge in [0.05, 0.1) is 0 Å². The van der Waals surface area contributed by atoms with E-state index < -0.39 is 0 Å². The lowest BCUT2D eigenvalue weighted by Gasteiger charge is -2.39. The van der Waals surface area contributed by atoms with Crippen LogP contribution in [0.15, 0.2) is 11.6 Å². The zero-order chi connectivity index (χ0) is 11.2. The van der Waals surface area contributed by atoms with E-state index in [2.05, 4.69) is 13.0 Å². The molecule has 1 heteroatoms. The third kappa shape index (κ3) is 1.20. The maximum Gasteiger partial charge on any atom is 0.162 e. The minimum atomic E-state index is 0.356. The number of fused-ring (bicyclic) bond motifs is 1. The number of carbonyl (C=O) groups is 1. The van der Waals surface area contributed by atoms with Crippen LogP contribution in [0.4, 0.5) is 0 Å². The maximum absolute atomic E-state index is 12.4. The quantitative estimate of drug-likeness (QED) is 0.702. The lowest BCUT2D eigenvalue weighted by Crippen LogP contribution is -2.32.